The van der Waals surface area contributed by atoms with E-state index in [9.17, 15) is 8.42 Å². The molecule has 0 spiro atoms. The summed E-state index contributed by atoms with van der Waals surface area (Å²) in [7, 11) is -3.61. The van der Waals surface area contributed by atoms with Crippen LogP contribution in [0.5, 0.6) is 0 Å². The smallest absolute Gasteiger partial charge is 0.262 e. The van der Waals surface area contributed by atoms with Crippen molar-refractivity contribution >= 4 is 21.4 Å². The highest BCUT2D eigenvalue weighted by Gasteiger charge is 2.23. The van der Waals surface area contributed by atoms with Crippen molar-refractivity contribution in [2.45, 2.75) is 45.4 Å². The van der Waals surface area contributed by atoms with Crippen LogP contribution in [0, 0.1) is 27.7 Å². The third-order valence-corrected chi connectivity index (χ3v) is 6.48. The van der Waals surface area contributed by atoms with E-state index in [4.69, 9.17) is 0 Å². The molecule has 1 fully saturated rings. The molecule has 0 aromatic heterocycles. The quantitative estimate of drug-likeness (QED) is 0.885. The van der Waals surface area contributed by atoms with Crippen molar-refractivity contribution in [3.8, 4) is 0 Å². The summed E-state index contributed by atoms with van der Waals surface area (Å²) in [6, 6.07) is 9.15. The van der Waals surface area contributed by atoms with E-state index in [1.807, 2.05) is 32.9 Å². The van der Waals surface area contributed by atoms with E-state index >= 15 is 0 Å². The first kappa shape index (κ1) is 17.8. The zero-order valence-electron chi connectivity index (χ0n) is 15.4. The second kappa shape index (κ2) is 6.71. The fourth-order valence-electron chi connectivity index (χ4n) is 3.81. The monoisotopic (exact) mass is 358 g/mol. The van der Waals surface area contributed by atoms with Crippen molar-refractivity contribution in [2.75, 3.05) is 22.7 Å². The summed E-state index contributed by atoms with van der Waals surface area (Å²) in [5.74, 6) is 0. The number of rotatable bonds is 4. The van der Waals surface area contributed by atoms with Crippen LogP contribution in [0.25, 0.3) is 0 Å². The average molecular weight is 359 g/mol. The van der Waals surface area contributed by atoms with Crippen molar-refractivity contribution in [3.63, 3.8) is 0 Å². The topological polar surface area (TPSA) is 49.4 Å². The number of aryl methyl sites for hydroxylation is 3. The van der Waals surface area contributed by atoms with Crippen LogP contribution in [0.4, 0.5) is 11.4 Å². The fraction of sp³-hybridized carbons (Fsp3) is 0.400. The Morgan fingerprint density at radius 2 is 1.56 bits per heavy atom. The molecule has 1 N–H and O–H groups in total. The molecule has 134 valence electrons. The van der Waals surface area contributed by atoms with E-state index in [1.54, 1.807) is 12.1 Å². The summed E-state index contributed by atoms with van der Waals surface area (Å²) in [5, 5.41) is 0. The molecule has 0 radical (unpaired) electrons. The first-order valence-electron chi connectivity index (χ1n) is 8.75. The Bertz CT molecular complexity index is 898. The molecule has 25 heavy (non-hydrogen) atoms. The van der Waals surface area contributed by atoms with Crippen LogP contribution in [-0.4, -0.2) is 21.5 Å². The Balaban J connectivity index is 2.06. The van der Waals surface area contributed by atoms with Crippen LogP contribution in [0.15, 0.2) is 35.2 Å². The van der Waals surface area contributed by atoms with E-state index < -0.39 is 10.0 Å². The zero-order chi connectivity index (χ0) is 18.2. The highest BCUT2D eigenvalue weighted by Crippen LogP contribution is 2.36. The number of hydrogen-bond donors (Lipinski definition) is 1. The van der Waals surface area contributed by atoms with Gasteiger partial charge in [-0.15, -0.1) is 0 Å². The minimum Gasteiger partial charge on any atom is -0.371 e. The molecule has 0 atom stereocenters. The lowest BCUT2D eigenvalue weighted by molar-refractivity contribution is 0.600. The Morgan fingerprint density at radius 3 is 2.20 bits per heavy atom. The van der Waals surface area contributed by atoms with Gasteiger partial charge < -0.3 is 4.90 Å². The van der Waals surface area contributed by atoms with Gasteiger partial charge in [0.1, 0.15) is 0 Å². The Morgan fingerprint density at radius 1 is 0.920 bits per heavy atom. The van der Waals surface area contributed by atoms with Crippen molar-refractivity contribution < 1.29 is 8.42 Å². The summed E-state index contributed by atoms with van der Waals surface area (Å²) < 4.78 is 28.7. The third-order valence-electron chi connectivity index (χ3n) is 4.97. The lowest BCUT2D eigenvalue weighted by Gasteiger charge is -2.26. The maximum atomic E-state index is 12.9. The maximum Gasteiger partial charge on any atom is 0.262 e. The molecule has 0 amide bonds. The Kier molecular flexibility index (Phi) is 4.78. The summed E-state index contributed by atoms with van der Waals surface area (Å²) >= 11 is 0. The summed E-state index contributed by atoms with van der Waals surface area (Å²) in [6.07, 6.45) is 2.38. The van der Waals surface area contributed by atoms with Gasteiger partial charge >= 0.3 is 0 Å². The number of sulfonamides is 1. The fourth-order valence-corrected chi connectivity index (χ4v) is 5.25. The Hall–Kier alpha value is -2.01. The molecule has 1 saturated heterocycles. The van der Waals surface area contributed by atoms with Crippen LogP contribution in [0.2, 0.25) is 0 Å². The minimum absolute atomic E-state index is 0.331. The maximum absolute atomic E-state index is 12.9. The summed E-state index contributed by atoms with van der Waals surface area (Å²) in [4.78, 5) is 2.70. The number of anilines is 2. The van der Waals surface area contributed by atoms with E-state index in [0.717, 1.165) is 29.8 Å². The van der Waals surface area contributed by atoms with Gasteiger partial charge in [-0.2, -0.15) is 0 Å². The van der Waals surface area contributed by atoms with Gasteiger partial charge in [0.05, 0.1) is 10.6 Å². The first-order valence-corrected chi connectivity index (χ1v) is 10.2. The molecule has 5 heteroatoms. The minimum atomic E-state index is -3.61. The zero-order valence-corrected chi connectivity index (χ0v) is 16.2. The van der Waals surface area contributed by atoms with Gasteiger partial charge in [-0.05, 0) is 68.9 Å². The molecule has 0 aliphatic carbocycles. The van der Waals surface area contributed by atoms with Crippen molar-refractivity contribution in [3.05, 3.63) is 52.6 Å². The number of benzene rings is 2. The van der Waals surface area contributed by atoms with Crippen LogP contribution >= 0.6 is 0 Å². The second-order valence-electron chi connectivity index (χ2n) is 6.92. The van der Waals surface area contributed by atoms with Gasteiger partial charge in [-0.1, -0.05) is 24.3 Å². The molecule has 1 aliphatic rings. The molecule has 1 heterocycles. The van der Waals surface area contributed by atoms with E-state index in [2.05, 4.69) is 22.6 Å². The van der Waals surface area contributed by atoms with Gasteiger partial charge in [0.15, 0.2) is 0 Å². The number of nitrogens with one attached hydrogen (secondary N) is 1. The van der Waals surface area contributed by atoms with Gasteiger partial charge in [-0.25, -0.2) is 8.42 Å². The number of hydrogen-bond acceptors (Lipinski definition) is 3. The van der Waals surface area contributed by atoms with E-state index in [-0.39, 0.29) is 0 Å². The highest BCUT2D eigenvalue weighted by atomic mass is 32.2. The van der Waals surface area contributed by atoms with E-state index in [1.165, 1.54) is 24.1 Å². The predicted octanol–water partition coefficient (Wildman–Crippen LogP) is 4.32. The van der Waals surface area contributed by atoms with Gasteiger partial charge in [0, 0.05) is 18.8 Å². The Labute approximate surface area is 150 Å². The molecule has 0 saturated carbocycles. The SMILES string of the molecule is Cc1ccccc1S(=O)(=O)Nc1c(C)cc(C)c(N2CCCC2)c1C. The molecule has 0 bridgehead atoms. The predicted molar refractivity (Wildman–Crippen MR) is 104 cm³/mol. The van der Waals surface area contributed by atoms with Gasteiger partial charge in [0.25, 0.3) is 10.0 Å². The molecular formula is C20H26N2O2S. The van der Waals surface area contributed by atoms with Crippen LogP contribution in [-0.2, 0) is 10.0 Å². The average Bonchev–Trinajstić information content (AvgIpc) is 3.05. The van der Waals surface area contributed by atoms with Crippen LogP contribution in [0.3, 0.4) is 0 Å². The van der Waals surface area contributed by atoms with Gasteiger partial charge in [-0.3, -0.25) is 4.72 Å². The van der Waals surface area contributed by atoms with Crippen LogP contribution in [0.1, 0.15) is 35.1 Å². The largest absolute Gasteiger partial charge is 0.371 e. The van der Waals surface area contributed by atoms with Gasteiger partial charge in [0.2, 0.25) is 0 Å². The lowest BCUT2D eigenvalue weighted by Crippen LogP contribution is -2.22. The molecule has 3 rings (SSSR count). The van der Waals surface area contributed by atoms with Crippen LogP contribution < -0.4 is 9.62 Å². The molecule has 2 aromatic carbocycles. The third kappa shape index (κ3) is 3.38. The standard InChI is InChI=1S/C20H26N2O2S/c1-14-9-5-6-10-18(14)25(23,24)21-19-15(2)13-16(3)20(17(19)4)22-11-7-8-12-22/h5-6,9-10,13,21H,7-8,11-12H2,1-4H3. The normalized spacial score (nSPS) is 14.8. The molecular weight excluding hydrogens is 332 g/mol. The van der Waals surface area contributed by atoms with E-state index in [0.29, 0.717) is 10.6 Å². The highest BCUT2D eigenvalue weighted by molar-refractivity contribution is 7.92. The molecule has 0 unspecified atom stereocenters. The van der Waals surface area contributed by atoms with Crippen molar-refractivity contribution in [1.82, 2.24) is 0 Å². The summed E-state index contributed by atoms with van der Waals surface area (Å²) in [5.41, 5.74) is 5.79. The molecule has 4 nitrogen and oxygen atoms in total. The first-order chi connectivity index (χ1) is 11.8. The summed E-state index contributed by atoms with van der Waals surface area (Å²) in [6.45, 7) is 9.97. The number of nitrogens with zero attached hydrogens (tertiary/aromatic N) is 1. The molecule has 1 aliphatic heterocycles. The second-order valence-corrected chi connectivity index (χ2v) is 8.57. The van der Waals surface area contributed by atoms with Crippen molar-refractivity contribution in [2.24, 2.45) is 0 Å². The van der Waals surface area contributed by atoms with Crippen molar-refractivity contribution in [1.29, 1.82) is 0 Å². The molecule has 2 aromatic rings. The lowest BCUT2D eigenvalue weighted by atomic mass is 10.0.